The number of aryl methyl sites for hydroxylation is 1. The molecule has 0 aliphatic rings. The summed E-state index contributed by atoms with van der Waals surface area (Å²) in [5.74, 6) is -0.334. The highest BCUT2D eigenvalue weighted by Crippen LogP contribution is 2.07. The highest BCUT2D eigenvalue weighted by atomic mass is 19.1. The van der Waals surface area contributed by atoms with Crippen LogP contribution < -0.4 is 10.6 Å². The SMILES string of the molecule is O=C(NCCCc1cnoc1)Nc1ccc(F)cc1. The van der Waals surface area contributed by atoms with Crippen molar-refractivity contribution in [2.45, 2.75) is 12.8 Å². The van der Waals surface area contributed by atoms with E-state index in [1.807, 2.05) is 0 Å². The summed E-state index contributed by atoms with van der Waals surface area (Å²) in [5.41, 5.74) is 1.55. The van der Waals surface area contributed by atoms with E-state index in [0.29, 0.717) is 12.2 Å². The molecule has 0 aliphatic carbocycles. The lowest BCUT2D eigenvalue weighted by molar-refractivity contribution is 0.252. The molecule has 19 heavy (non-hydrogen) atoms. The molecule has 0 aliphatic heterocycles. The predicted octanol–water partition coefficient (Wildman–Crippen LogP) is 2.57. The Morgan fingerprint density at radius 2 is 2.11 bits per heavy atom. The third-order valence-electron chi connectivity index (χ3n) is 2.51. The first-order chi connectivity index (χ1) is 9.24. The van der Waals surface area contributed by atoms with Crippen LogP contribution in [0.4, 0.5) is 14.9 Å². The Balaban J connectivity index is 1.65. The largest absolute Gasteiger partial charge is 0.364 e. The average Bonchev–Trinajstić information content (AvgIpc) is 2.91. The number of nitrogens with one attached hydrogen (secondary N) is 2. The van der Waals surface area contributed by atoms with E-state index in [-0.39, 0.29) is 11.8 Å². The number of carbonyl (C=O) groups is 1. The van der Waals surface area contributed by atoms with Crippen LogP contribution in [0.5, 0.6) is 0 Å². The number of halogens is 1. The fraction of sp³-hybridized carbons (Fsp3) is 0.231. The van der Waals surface area contributed by atoms with Crippen molar-refractivity contribution in [3.63, 3.8) is 0 Å². The van der Waals surface area contributed by atoms with Gasteiger partial charge in [-0.2, -0.15) is 0 Å². The van der Waals surface area contributed by atoms with Crippen LogP contribution in [0.3, 0.4) is 0 Å². The lowest BCUT2D eigenvalue weighted by atomic mass is 10.2. The zero-order valence-corrected chi connectivity index (χ0v) is 10.2. The second-order valence-electron chi connectivity index (χ2n) is 4.02. The molecule has 1 aromatic heterocycles. The van der Waals surface area contributed by atoms with E-state index in [1.54, 1.807) is 12.5 Å². The Kier molecular flexibility index (Phi) is 4.49. The topological polar surface area (TPSA) is 67.2 Å². The second kappa shape index (κ2) is 6.53. The van der Waals surface area contributed by atoms with E-state index in [9.17, 15) is 9.18 Å². The maximum atomic E-state index is 12.7. The van der Waals surface area contributed by atoms with Crippen LogP contribution in [0.1, 0.15) is 12.0 Å². The number of hydrogen-bond donors (Lipinski definition) is 2. The van der Waals surface area contributed by atoms with Crippen molar-refractivity contribution >= 4 is 11.7 Å². The fourth-order valence-electron chi connectivity index (χ4n) is 1.55. The normalized spacial score (nSPS) is 10.2. The molecule has 0 atom stereocenters. The van der Waals surface area contributed by atoms with Crippen LogP contribution in [0.15, 0.2) is 41.2 Å². The molecule has 0 unspecified atom stereocenters. The zero-order chi connectivity index (χ0) is 13.5. The van der Waals surface area contributed by atoms with Gasteiger partial charge in [-0.1, -0.05) is 5.16 Å². The van der Waals surface area contributed by atoms with E-state index < -0.39 is 0 Å². The summed E-state index contributed by atoms with van der Waals surface area (Å²) in [6.45, 7) is 0.540. The van der Waals surface area contributed by atoms with Crippen molar-refractivity contribution < 1.29 is 13.7 Å². The summed E-state index contributed by atoms with van der Waals surface area (Å²) < 4.78 is 17.4. The van der Waals surface area contributed by atoms with Crippen molar-refractivity contribution in [1.29, 1.82) is 0 Å². The number of carbonyl (C=O) groups excluding carboxylic acids is 1. The molecule has 1 aromatic carbocycles. The molecule has 2 N–H and O–H groups in total. The molecule has 2 rings (SSSR count). The molecule has 2 aromatic rings. The molecule has 6 heteroatoms. The lowest BCUT2D eigenvalue weighted by Crippen LogP contribution is -2.29. The summed E-state index contributed by atoms with van der Waals surface area (Å²) in [5, 5.41) is 8.92. The summed E-state index contributed by atoms with van der Waals surface area (Å²) in [7, 11) is 0. The van der Waals surface area contributed by atoms with Crippen molar-refractivity contribution in [2.75, 3.05) is 11.9 Å². The maximum absolute atomic E-state index is 12.7. The number of nitrogens with zero attached hydrogens (tertiary/aromatic N) is 1. The van der Waals surface area contributed by atoms with Gasteiger partial charge in [-0.25, -0.2) is 9.18 Å². The van der Waals surface area contributed by atoms with Gasteiger partial charge >= 0.3 is 6.03 Å². The standard InChI is InChI=1S/C13H14FN3O2/c14-11-3-5-12(6-4-11)17-13(18)15-7-1-2-10-8-16-19-9-10/h3-6,8-9H,1-2,7H2,(H2,15,17,18). The van der Waals surface area contributed by atoms with Gasteiger partial charge in [0.1, 0.15) is 12.1 Å². The minimum atomic E-state index is -0.334. The monoisotopic (exact) mass is 263 g/mol. The summed E-state index contributed by atoms with van der Waals surface area (Å²) in [4.78, 5) is 11.5. The molecule has 0 saturated heterocycles. The third kappa shape index (κ3) is 4.42. The van der Waals surface area contributed by atoms with Gasteiger partial charge in [-0.05, 0) is 37.1 Å². The number of anilines is 1. The maximum Gasteiger partial charge on any atom is 0.319 e. The van der Waals surface area contributed by atoms with Crippen molar-refractivity contribution in [1.82, 2.24) is 10.5 Å². The van der Waals surface area contributed by atoms with Crippen LogP contribution >= 0.6 is 0 Å². The second-order valence-corrected chi connectivity index (χ2v) is 4.02. The molecule has 0 bridgehead atoms. The van der Waals surface area contributed by atoms with Crippen LogP contribution in [0.25, 0.3) is 0 Å². The first kappa shape index (κ1) is 13.1. The van der Waals surface area contributed by atoms with Crippen molar-refractivity contribution in [3.8, 4) is 0 Å². The van der Waals surface area contributed by atoms with Gasteiger partial charge in [-0.3, -0.25) is 0 Å². The molecule has 0 spiro atoms. The summed E-state index contributed by atoms with van der Waals surface area (Å²) >= 11 is 0. The molecule has 0 radical (unpaired) electrons. The number of aromatic nitrogens is 1. The number of urea groups is 1. The Hall–Kier alpha value is -2.37. The molecule has 0 fully saturated rings. The highest BCUT2D eigenvalue weighted by molar-refractivity contribution is 5.89. The molecule has 2 amide bonds. The van der Waals surface area contributed by atoms with Crippen molar-refractivity contribution in [3.05, 3.63) is 48.1 Å². The third-order valence-corrected chi connectivity index (χ3v) is 2.51. The lowest BCUT2D eigenvalue weighted by Gasteiger charge is -2.07. The first-order valence-electron chi connectivity index (χ1n) is 5.93. The number of amides is 2. The average molecular weight is 263 g/mol. The van der Waals surface area contributed by atoms with Crippen LogP contribution in [-0.4, -0.2) is 17.7 Å². The quantitative estimate of drug-likeness (QED) is 0.815. The van der Waals surface area contributed by atoms with Gasteiger partial charge in [0.25, 0.3) is 0 Å². The van der Waals surface area contributed by atoms with E-state index >= 15 is 0 Å². The van der Waals surface area contributed by atoms with E-state index in [4.69, 9.17) is 4.52 Å². The Morgan fingerprint density at radius 3 is 2.79 bits per heavy atom. The zero-order valence-electron chi connectivity index (χ0n) is 10.2. The number of benzene rings is 1. The van der Waals surface area contributed by atoms with Crippen LogP contribution in [0.2, 0.25) is 0 Å². The molecular formula is C13H14FN3O2. The minimum absolute atomic E-state index is 0.308. The van der Waals surface area contributed by atoms with Gasteiger partial charge < -0.3 is 15.2 Å². The van der Waals surface area contributed by atoms with Gasteiger partial charge in [0, 0.05) is 17.8 Å². The smallest absolute Gasteiger partial charge is 0.319 e. The Bertz CT molecular complexity index is 511. The molecule has 100 valence electrons. The van der Waals surface area contributed by atoms with E-state index in [1.165, 1.54) is 24.3 Å². The minimum Gasteiger partial charge on any atom is -0.364 e. The molecule has 0 saturated carbocycles. The fourth-order valence-corrected chi connectivity index (χ4v) is 1.55. The van der Waals surface area contributed by atoms with E-state index in [2.05, 4.69) is 15.8 Å². The van der Waals surface area contributed by atoms with E-state index in [0.717, 1.165) is 18.4 Å². The van der Waals surface area contributed by atoms with Gasteiger partial charge in [0.2, 0.25) is 0 Å². The van der Waals surface area contributed by atoms with Crippen LogP contribution in [0, 0.1) is 5.82 Å². The molecular weight excluding hydrogens is 249 g/mol. The molecule has 5 nitrogen and oxygen atoms in total. The first-order valence-corrected chi connectivity index (χ1v) is 5.93. The number of rotatable bonds is 5. The summed E-state index contributed by atoms with van der Waals surface area (Å²) in [6.07, 6.45) is 4.82. The summed E-state index contributed by atoms with van der Waals surface area (Å²) in [6, 6.07) is 5.29. The number of hydrogen-bond acceptors (Lipinski definition) is 3. The van der Waals surface area contributed by atoms with Gasteiger partial charge in [0.15, 0.2) is 0 Å². The Labute approximate surface area is 109 Å². The Morgan fingerprint density at radius 1 is 1.32 bits per heavy atom. The van der Waals surface area contributed by atoms with Crippen LogP contribution in [-0.2, 0) is 6.42 Å². The van der Waals surface area contributed by atoms with Gasteiger partial charge in [0.05, 0.1) is 6.20 Å². The highest BCUT2D eigenvalue weighted by Gasteiger charge is 2.01. The molecule has 1 heterocycles. The predicted molar refractivity (Wildman–Crippen MR) is 68.2 cm³/mol. The van der Waals surface area contributed by atoms with Gasteiger partial charge in [-0.15, -0.1) is 0 Å². The van der Waals surface area contributed by atoms with Crippen molar-refractivity contribution in [2.24, 2.45) is 0 Å².